The summed E-state index contributed by atoms with van der Waals surface area (Å²) in [6, 6.07) is 5.96. The Labute approximate surface area is 117 Å². The van der Waals surface area contributed by atoms with Crippen molar-refractivity contribution >= 4 is 27.5 Å². The Morgan fingerprint density at radius 1 is 1.39 bits per heavy atom. The minimum absolute atomic E-state index is 0.142. The van der Waals surface area contributed by atoms with Crippen LogP contribution in [0.2, 0.25) is 0 Å². The van der Waals surface area contributed by atoms with Gasteiger partial charge in [-0.05, 0) is 37.0 Å². The molecule has 1 amide bonds. The summed E-state index contributed by atoms with van der Waals surface area (Å²) in [6.45, 7) is 2.01. The van der Waals surface area contributed by atoms with Gasteiger partial charge in [-0.15, -0.1) is 0 Å². The SMILES string of the molecule is Cc1ccc(Br)cc1NC(=O)CCC1CCCC1. The molecule has 1 aromatic carbocycles. The summed E-state index contributed by atoms with van der Waals surface area (Å²) in [7, 11) is 0. The van der Waals surface area contributed by atoms with Crippen molar-refractivity contribution in [2.45, 2.75) is 45.4 Å². The lowest BCUT2D eigenvalue weighted by atomic mass is 10.0. The maximum absolute atomic E-state index is 11.9. The highest BCUT2D eigenvalue weighted by Crippen LogP contribution is 2.28. The molecule has 1 fully saturated rings. The van der Waals surface area contributed by atoms with E-state index in [2.05, 4.69) is 21.2 Å². The molecule has 0 spiro atoms. The van der Waals surface area contributed by atoms with Gasteiger partial charge in [0.1, 0.15) is 0 Å². The van der Waals surface area contributed by atoms with Crippen LogP contribution in [0.5, 0.6) is 0 Å². The van der Waals surface area contributed by atoms with Crippen LogP contribution in [0.1, 0.15) is 44.1 Å². The summed E-state index contributed by atoms with van der Waals surface area (Å²) < 4.78 is 0.999. The molecular formula is C15H20BrNO. The molecular weight excluding hydrogens is 290 g/mol. The first-order chi connectivity index (χ1) is 8.65. The van der Waals surface area contributed by atoms with Crippen LogP contribution < -0.4 is 5.32 Å². The molecule has 1 aliphatic rings. The van der Waals surface area contributed by atoms with E-state index in [1.54, 1.807) is 0 Å². The Kier molecular flexibility index (Phi) is 4.81. The van der Waals surface area contributed by atoms with Gasteiger partial charge in [0.25, 0.3) is 0 Å². The normalized spacial score (nSPS) is 15.9. The van der Waals surface area contributed by atoms with Gasteiger partial charge in [0.05, 0.1) is 0 Å². The van der Waals surface area contributed by atoms with Gasteiger partial charge in [-0.25, -0.2) is 0 Å². The van der Waals surface area contributed by atoms with Crippen LogP contribution in [0.3, 0.4) is 0 Å². The van der Waals surface area contributed by atoms with Crippen molar-refractivity contribution in [3.05, 3.63) is 28.2 Å². The first kappa shape index (κ1) is 13.6. The third kappa shape index (κ3) is 3.84. The molecule has 0 atom stereocenters. The van der Waals surface area contributed by atoms with Crippen LogP contribution in [-0.2, 0) is 4.79 Å². The molecule has 0 radical (unpaired) electrons. The Morgan fingerprint density at radius 3 is 2.83 bits per heavy atom. The lowest BCUT2D eigenvalue weighted by Crippen LogP contribution is -2.13. The quantitative estimate of drug-likeness (QED) is 0.860. The van der Waals surface area contributed by atoms with Gasteiger partial charge in [-0.2, -0.15) is 0 Å². The van der Waals surface area contributed by atoms with E-state index in [4.69, 9.17) is 0 Å². The molecule has 1 aromatic rings. The third-order valence-corrected chi connectivity index (χ3v) is 4.22. The van der Waals surface area contributed by atoms with E-state index < -0.39 is 0 Å². The molecule has 0 saturated heterocycles. The van der Waals surface area contributed by atoms with E-state index in [1.165, 1.54) is 25.7 Å². The number of benzene rings is 1. The molecule has 0 unspecified atom stereocenters. The maximum atomic E-state index is 11.9. The number of halogens is 1. The monoisotopic (exact) mass is 309 g/mol. The lowest BCUT2D eigenvalue weighted by molar-refractivity contribution is -0.116. The van der Waals surface area contributed by atoms with Crippen molar-refractivity contribution in [3.8, 4) is 0 Å². The molecule has 2 nitrogen and oxygen atoms in total. The highest BCUT2D eigenvalue weighted by molar-refractivity contribution is 9.10. The van der Waals surface area contributed by atoms with Crippen LogP contribution in [0.4, 0.5) is 5.69 Å². The van der Waals surface area contributed by atoms with E-state index in [-0.39, 0.29) is 5.91 Å². The molecule has 1 saturated carbocycles. The van der Waals surface area contributed by atoms with Crippen LogP contribution in [0, 0.1) is 12.8 Å². The average molecular weight is 310 g/mol. The van der Waals surface area contributed by atoms with Crippen LogP contribution in [0.25, 0.3) is 0 Å². The molecule has 0 aromatic heterocycles. The number of amides is 1. The van der Waals surface area contributed by atoms with Crippen molar-refractivity contribution in [2.75, 3.05) is 5.32 Å². The fraction of sp³-hybridized carbons (Fsp3) is 0.533. The molecule has 1 aliphatic carbocycles. The van der Waals surface area contributed by atoms with Crippen molar-refractivity contribution in [1.82, 2.24) is 0 Å². The van der Waals surface area contributed by atoms with Crippen LogP contribution in [0.15, 0.2) is 22.7 Å². The lowest BCUT2D eigenvalue weighted by Gasteiger charge is -2.11. The molecule has 1 N–H and O–H groups in total. The Balaban J connectivity index is 1.84. The van der Waals surface area contributed by atoms with Crippen molar-refractivity contribution < 1.29 is 4.79 Å². The number of nitrogens with one attached hydrogen (secondary N) is 1. The third-order valence-electron chi connectivity index (χ3n) is 3.73. The molecule has 2 rings (SSSR count). The van der Waals surface area contributed by atoms with Crippen LogP contribution in [-0.4, -0.2) is 5.91 Å². The number of carbonyl (C=O) groups is 1. The zero-order valence-electron chi connectivity index (χ0n) is 10.8. The predicted octanol–water partition coefficient (Wildman–Crippen LogP) is 4.67. The Hall–Kier alpha value is -0.830. The van der Waals surface area contributed by atoms with Gasteiger partial charge in [0, 0.05) is 16.6 Å². The summed E-state index contributed by atoms with van der Waals surface area (Å²) >= 11 is 3.43. The van der Waals surface area contributed by atoms with Gasteiger partial charge in [0.15, 0.2) is 0 Å². The second kappa shape index (κ2) is 6.37. The molecule has 0 bridgehead atoms. The highest BCUT2D eigenvalue weighted by Gasteiger charge is 2.16. The van der Waals surface area contributed by atoms with Crippen LogP contribution >= 0.6 is 15.9 Å². The van der Waals surface area contributed by atoms with Gasteiger partial charge in [0.2, 0.25) is 5.91 Å². The molecule has 98 valence electrons. The molecule has 18 heavy (non-hydrogen) atoms. The number of rotatable bonds is 4. The molecule has 0 heterocycles. The maximum Gasteiger partial charge on any atom is 0.224 e. The zero-order valence-corrected chi connectivity index (χ0v) is 12.4. The first-order valence-electron chi connectivity index (χ1n) is 6.71. The second-order valence-electron chi connectivity index (χ2n) is 5.20. The largest absolute Gasteiger partial charge is 0.326 e. The molecule has 0 aliphatic heterocycles. The average Bonchev–Trinajstić information content (AvgIpc) is 2.84. The Morgan fingerprint density at radius 2 is 2.11 bits per heavy atom. The topological polar surface area (TPSA) is 29.1 Å². The summed E-state index contributed by atoms with van der Waals surface area (Å²) in [4.78, 5) is 11.9. The first-order valence-corrected chi connectivity index (χ1v) is 7.50. The number of aryl methyl sites for hydroxylation is 1. The number of anilines is 1. The predicted molar refractivity (Wildman–Crippen MR) is 78.7 cm³/mol. The zero-order chi connectivity index (χ0) is 13.0. The van der Waals surface area contributed by atoms with Crippen molar-refractivity contribution in [3.63, 3.8) is 0 Å². The van der Waals surface area contributed by atoms with E-state index in [1.807, 2.05) is 25.1 Å². The standard InChI is InChI=1S/C15H20BrNO/c1-11-6-8-13(16)10-14(11)17-15(18)9-7-12-4-2-3-5-12/h6,8,10,12H,2-5,7,9H2,1H3,(H,17,18). The van der Waals surface area contributed by atoms with E-state index >= 15 is 0 Å². The van der Waals surface area contributed by atoms with Gasteiger partial charge in [-0.1, -0.05) is 47.7 Å². The number of carbonyl (C=O) groups excluding carboxylic acids is 1. The number of hydrogen-bond donors (Lipinski definition) is 1. The highest BCUT2D eigenvalue weighted by atomic mass is 79.9. The Bertz CT molecular complexity index is 425. The summed E-state index contributed by atoms with van der Waals surface area (Å²) in [5, 5.41) is 3.01. The van der Waals surface area contributed by atoms with Crippen molar-refractivity contribution in [2.24, 2.45) is 5.92 Å². The fourth-order valence-electron chi connectivity index (χ4n) is 2.58. The smallest absolute Gasteiger partial charge is 0.224 e. The summed E-state index contributed by atoms with van der Waals surface area (Å²) in [6.07, 6.45) is 7.00. The summed E-state index contributed by atoms with van der Waals surface area (Å²) in [5.74, 6) is 0.919. The minimum Gasteiger partial charge on any atom is -0.326 e. The van der Waals surface area contributed by atoms with Gasteiger partial charge < -0.3 is 5.32 Å². The van der Waals surface area contributed by atoms with Crippen molar-refractivity contribution in [1.29, 1.82) is 0 Å². The van der Waals surface area contributed by atoms with E-state index in [0.717, 1.165) is 28.1 Å². The van der Waals surface area contributed by atoms with Gasteiger partial charge >= 0.3 is 0 Å². The molecule has 3 heteroatoms. The summed E-state index contributed by atoms with van der Waals surface area (Å²) in [5.41, 5.74) is 2.02. The van der Waals surface area contributed by atoms with E-state index in [0.29, 0.717) is 6.42 Å². The van der Waals surface area contributed by atoms with E-state index in [9.17, 15) is 4.79 Å². The fourth-order valence-corrected chi connectivity index (χ4v) is 2.94. The van der Waals surface area contributed by atoms with Gasteiger partial charge in [-0.3, -0.25) is 4.79 Å². The number of hydrogen-bond acceptors (Lipinski definition) is 1. The minimum atomic E-state index is 0.142. The second-order valence-corrected chi connectivity index (χ2v) is 6.11.